The van der Waals surface area contributed by atoms with Gasteiger partial charge < -0.3 is 0 Å². The number of unbranched alkanes of at least 4 members (excludes halogenated alkanes) is 2. The molecule has 0 radical (unpaired) electrons. The summed E-state index contributed by atoms with van der Waals surface area (Å²) in [6.07, 6.45) is 11.6. The minimum Gasteiger partial charge on any atom is -0.0602 e. The first-order valence-corrected chi connectivity index (χ1v) is 11.3. The van der Waals surface area contributed by atoms with E-state index in [-0.39, 0.29) is 0 Å². The van der Waals surface area contributed by atoms with E-state index in [1.165, 1.54) is 50.8 Å². The summed E-state index contributed by atoms with van der Waals surface area (Å²) in [6.45, 7) is 19.3. The molecule has 0 aromatic carbocycles. The molecule has 1 heteroatoms. The van der Waals surface area contributed by atoms with Crippen molar-refractivity contribution in [2.45, 2.75) is 80.1 Å². The SMILES string of the molecule is CC(C)(C)CCCC[P+](C)(C)CCCCC(C)(C)C. The third kappa shape index (κ3) is 14.6. The van der Waals surface area contributed by atoms with Crippen molar-refractivity contribution in [1.82, 2.24) is 0 Å². The van der Waals surface area contributed by atoms with Gasteiger partial charge in [0, 0.05) is 20.6 Å². The van der Waals surface area contributed by atoms with E-state index in [4.69, 9.17) is 0 Å². The van der Waals surface area contributed by atoms with Crippen LogP contribution >= 0.6 is 7.26 Å². The van der Waals surface area contributed by atoms with Crippen LogP contribution < -0.4 is 0 Å². The highest BCUT2D eigenvalue weighted by atomic mass is 31.2. The molecule has 0 atom stereocenters. The molecule has 0 aliphatic heterocycles. The Kier molecular flexibility index (Phi) is 8.20. The third-order valence-corrected chi connectivity index (χ3v) is 6.93. The topological polar surface area (TPSA) is 0 Å². The largest absolute Gasteiger partial charge is 0.0602 e. The minimum atomic E-state index is -0.607. The molecule has 0 aromatic heterocycles. The Labute approximate surface area is 124 Å². The lowest BCUT2D eigenvalue weighted by Crippen LogP contribution is -2.07. The van der Waals surface area contributed by atoms with Crippen LogP contribution in [0.5, 0.6) is 0 Å². The summed E-state index contributed by atoms with van der Waals surface area (Å²) >= 11 is 0. The highest BCUT2D eigenvalue weighted by molar-refractivity contribution is 7.74. The van der Waals surface area contributed by atoms with Gasteiger partial charge in [-0.1, -0.05) is 41.5 Å². The van der Waals surface area contributed by atoms with Crippen LogP contribution in [0, 0.1) is 10.8 Å². The molecule has 19 heavy (non-hydrogen) atoms. The molecule has 0 saturated heterocycles. The molecule has 0 unspecified atom stereocenters. The molecule has 0 fully saturated rings. The molecule has 0 saturated carbocycles. The average molecular weight is 287 g/mol. The molecular formula is C18H40P+. The normalized spacial score (nSPS) is 13.9. The van der Waals surface area contributed by atoms with Crippen LogP contribution in [-0.2, 0) is 0 Å². The van der Waals surface area contributed by atoms with E-state index in [0.717, 1.165) is 0 Å². The van der Waals surface area contributed by atoms with Gasteiger partial charge in [0.2, 0.25) is 0 Å². The van der Waals surface area contributed by atoms with Crippen molar-refractivity contribution in [2.24, 2.45) is 10.8 Å². The second-order valence-corrected chi connectivity index (χ2v) is 14.2. The first-order valence-electron chi connectivity index (χ1n) is 8.23. The first kappa shape index (κ1) is 19.4. The van der Waals surface area contributed by atoms with Gasteiger partial charge >= 0.3 is 0 Å². The fraction of sp³-hybridized carbons (Fsp3) is 1.00. The zero-order chi connectivity index (χ0) is 15.2. The molecule has 0 rings (SSSR count). The summed E-state index contributed by atoms with van der Waals surface area (Å²) < 4.78 is 0. The van der Waals surface area contributed by atoms with Crippen molar-refractivity contribution in [1.29, 1.82) is 0 Å². The van der Waals surface area contributed by atoms with E-state index >= 15 is 0 Å². The second-order valence-electron chi connectivity index (χ2n) is 9.42. The van der Waals surface area contributed by atoms with E-state index < -0.39 is 7.26 Å². The van der Waals surface area contributed by atoms with Gasteiger partial charge in [-0.15, -0.1) is 0 Å². The second kappa shape index (κ2) is 8.02. The monoisotopic (exact) mass is 287 g/mol. The van der Waals surface area contributed by atoms with Crippen LogP contribution in [0.1, 0.15) is 80.1 Å². The van der Waals surface area contributed by atoms with E-state index in [0.29, 0.717) is 10.8 Å². The molecule has 0 heterocycles. The molecule has 0 N–H and O–H groups in total. The maximum Gasteiger partial charge on any atom is 0.0589 e. The quantitative estimate of drug-likeness (QED) is 0.344. The first-order chi connectivity index (χ1) is 8.41. The van der Waals surface area contributed by atoms with Crippen LogP contribution in [0.2, 0.25) is 0 Å². The summed E-state index contributed by atoms with van der Waals surface area (Å²) in [5.41, 5.74) is 1.05. The molecule has 0 bridgehead atoms. The Morgan fingerprint density at radius 1 is 0.579 bits per heavy atom. The molecule has 0 spiro atoms. The molecule has 0 aliphatic rings. The molecule has 0 amide bonds. The van der Waals surface area contributed by atoms with E-state index in [1.54, 1.807) is 0 Å². The smallest absolute Gasteiger partial charge is 0.0589 e. The van der Waals surface area contributed by atoms with Crippen molar-refractivity contribution in [3.63, 3.8) is 0 Å². The van der Waals surface area contributed by atoms with Crippen molar-refractivity contribution < 1.29 is 0 Å². The number of hydrogen-bond donors (Lipinski definition) is 0. The van der Waals surface area contributed by atoms with Crippen molar-refractivity contribution in [2.75, 3.05) is 25.7 Å². The van der Waals surface area contributed by atoms with Gasteiger partial charge in [0.05, 0.1) is 12.3 Å². The molecular weight excluding hydrogens is 247 g/mol. The van der Waals surface area contributed by atoms with Gasteiger partial charge in [0.25, 0.3) is 0 Å². The predicted octanol–water partition coefficient (Wildman–Crippen LogP) is 6.70. The van der Waals surface area contributed by atoms with Gasteiger partial charge in [-0.05, 0) is 49.4 Å². The molecule has 0 nitrogen and oxygen atoms in total. The van der Waals surface area contributed by atoms with Gasteiger partial charge in [0.15, 0.2) is 0 Å². The fourth-order valence-corrected chi connectivity index (χ4v) is 4.89. The molecule has 0 aliphatic carbocycles. The number of rotatable bonds is 8. The fourth-order valence-electron chi connectivity index (χ4n) is 2.50. The Hall–Kier alpha value is 0.430. The summed E-state index contributed by atoms with van der Waals surface area (Å²) in [5, 5.41) is 0. The summed E-state index contributed by atoms with van der Waals surface area (Å²) in [5.74, 6) is 0. The standard InChI is InChI=1S/C18H40P/c1-17(2,3)13-9-11-15-19(7,8)16-12-10-14-18(4,5)6/h9-16H2,1-8H3/q+1. The van der Waals surface area contributed by atoms with E-state index in [2.05, 4.69) is 54.9 Å². The van der Waals surface area contributed by atoms with Crippen LogP contribution in [0.3, 0.4) is 0 Å². The van der Waals surface area contributed by atoms with Crippen LogP contribution in [0.4, 0.5) is 0 Å². The van der Waals surface area contributed by atoms with Crippen LogP contribution in [-0.4, -0.2) is 25.7 Å². The van der Waals surface area contributed by atoms with Gasteiger partial charge in [-0.2, -0.15) is 0 Å². The zero-order valence-corrected chi connectivity index (χ0v) is 16.0. The average Bonchev–Trinajstić information content (AvgIpc) is 2.17. The lowest BCUT2D eigenvalue weighted by atomic mass is 9.90. The minimum absolute atomic E-state index is 0.523. The molecule has 116 valence electrons. The summed E-state index contributed by atoms with van der Waals surface area (Å²) in [4.78, 5) is 0. The van der Waals surface area contributed by atoms with Crippen molar-refractivity contribution in [3.8, 4) is 0 Å². The highest BCUT2D eigenvalue weighted by Crippen LogP contribution is 2.52. The Balaban J connectivity index is 3.69. The summed E-state index contributed by atoms with van der Waals surface area (Å²) in [7, 11) is -0.607. The Morgan fingerprint density at radius 3 is 1.16 bits per heavy atom. The van der Waals surface area contributed by atoms with Crippen LogP contribution in [0.15, 0.2) is 0 Å². The Bertz CT molecular complexity index is 203. The third-order valence-electron chi connectivity index (χ3n) is 3.88. The van der Waals surface area contributed by atoms with E-state index in [9.17, 15) is 0 Å². The lowest BCUT2D eigenvalue weighted by Gasteiger charge is -2.22. The van der Waals surface area contributed by atoms with Gasteiger partial charge in [-0.25, -0.2) is 0 Å². The molecule has 0 aromatic rings. The van der Waals surface area contributed by atoms with Gasteiger partial charge in [-0.3, -0.25) is 0 Å². The maximum absolute atomic E-state index is 2.57. The highest BCUT2D eigenvalue weighted by Gasteiger charge is 2.24. The maximum atomic E-state index is 2.57. The van der Waals surface area contributed by atoms with E-state index in [1.807, 2.05) is 0 Å². The van der Waals surface area contributed by atoms with Gasteiger partial charge in [0.1, 0.15) is 0 Å². The number of hydrogen-bond acceptors (Lipinski definition) is 0. The van der Waals surface area contributed by atoms with Crippen molar-refractivity contribution >= 4 is 7.26 Å². The van der Waals surface area contributed by atoms with Crippen LogP contribution in [0.25, 0.3) is 0 Å². The Morgan fingerprint density at radius 2 is 0.895 bits per heavy atom. The van der Waals surface area contributed by atoms with Crippen molar-refractivity contribution in [3.05, 3.63) is 0 Å². The summed E-state index contributed by atoms with van der Waals surface area (Å²) in [6, 6.07) is 0. The predicted molar refractivity (Wildman–Crippen MR) is 95.1 cm³/mol. The zero-order valence-electron chi connectivity index (χ0n) is 15.1. The lowest BCUT2D eigenvalue weighted by molar-refractivity contribution is 0.363.